The Hall–Kier alpha value is -2.45. The van der Waals surface area contributed by atoms with Crippen molar-refractivity contribution in [2.24, 2.45) is 0 Å². The molecule has 0 aliphatic carbocycles. The van der Waals surface area contributed by atoms with Crippen molar-refractivity contribution in [2.75, 3.05) is 5.32 Å². The summed E-state index contributed by atoms with van der Waals surface area (Å²) >= 11 is 0. The normalized spacial score (nSPS) is 11.0. The van der Waals surface area contributed by atoms with Crippen LogP contribution in [0.15, 0.2) is 0 Å². The van der Waals surface area contributed by atoms with Crippen LogP contribution in [0.2, 0.25) is 0 Å². The molecule has 4 nitrogen and oxygen atoms in total. The van der Waals surface area contributed by atoms with E-state index in [1.165, 1.54) is 11.6 Å². The Morgan fingerprint density at radius 1 is 1.00 bits per heavy atom. The molecule has 1 aromatic carbocycles. The summed E-state index contributed by atoms with van der Waals surface area (Å²) in [6.45, 7) is 5.26. The van der Waals surface area contributed by atoms with Crippen LogP contribution in [0, 0.1) is 42.9 Å². The number of halogens is 5. The topological polar surface area (TPSA) is 46.9 Å². The van der Waals surface area contributed by atoms with Gasteiger partial charge in [-0.25, -0.2) is 22.0 Å². The van der Waals surface area contributed by atoms with Crippen molar-refractivity contribution in [3.63, 3.8) is 0 Å². The van der Waals surface area contributed by atoms with Crippen molar-refractivity contribution in [3.8, 4) is 0 Å². The third-order valence-electron chi connectivity index (χ3n) is 3.36. The molecule has 0 aliphatic rings. The van der Waals surface area contributed by atoms with Gasteiger partial charge in [-0.05, 0) is 20.8 Å². The summed E-state index contributed by atoms with van der Waals surface area (Å²) in [6.07, 6.45) is 0. The number of anilines is 1. The molecule has 0 saturated heterocycles. The monoisotopic (exact) mass is 333 g/mol. The van der Waals surface area contributed by atoms with Crippen LogP contribution in [-0.2, 0) is 6.54 Å². The highest BCUT2D eigenvalue weighted by atomic mass is 19.2. The lowest BCUT2D eigenvalue weighted by Crippen LogP contribution is -2.18. The molecule has 0 atom stereocenters. The first-order chi connectivity index (χ1) is 10.7. The van der Waals surface area contributed by atoms with Crippen LogP contribution < -0.4 is 5.32 Å². The summed E-state index contributed by atoms with van der Waals surface area (Å²) in [5.74, 6) is -11.8. The average Bonchev–Trinajstić information content (AvgIpc) is 2.81. The van der Waals surface area contributed by atoms with Crippen molar-refractivity contribution >= 4 is 11.6 Å². The van der Waals surface area contributed by atoms with Gasteiger partial charge in [0.05, 0.1) is 11.3 Å². The molecule has 0 fully saturated rings. The van der Waals surface area contributed by atoms with Crippen molar-refractivity contribution in [1.29, 1.82) is 0 Å². The first-order valence-corrected chi connectivity index (χ1v) is 6.57. The van der Waals surface area contributed by atoms with Crippen molar-refractivity contribution in [2.45, 2.75) is 27.3 Å². The Balaban J connectivity index is 2.49. The van der Waals surface area contributed by atoms with Crippen LogP contribution in [0.3, 0.4) is 0 Å². The molecule has 2 aromatic rings. The minimum Gasteiger partial charge on any atom is -0.317 e. The summed E-state index contributed by atoms with van der Waals surface area (Å²) in [4.78, 5) is 12.2. The van der Waals surface area contributed by atoms with E-state index in [4.69, 9.17) is 0 Å². The van der Waals surface area contributed by atoms with Crippen LogP contribution in [-0.4, -0.2) is 15.7 Å². The van der Waals surface area contributed by atoms with Gasteiger partial charge in [-0.1, -0.05) is 0 Å². The minimum atomic E-state index is -2.29. The van der Waals surface area contributed by atoms with E-state index in [-0.39, 0.29) is 11.3 Å². The number of nitrogens with one attached hydrogen (secondary N) is 1. The molecule has 23 heavy (non-hydrogen) atoms. The number of benzene rings is 1. The molecule has 0 bridgehead atoms. The predicted molar refractivity (Wildman–Crippen MR) is 71.6 cm³/mol. The zero-order valence-electron chi connectivity index (χ0n) is 12.4. The molecule has 0 aliphatic heterocycles. The Labute approximate surface area is 127 Å². The predicted octanol–water partition coefficient (Wildman–Crippen LogP) is 3.47. The smallest absolute Gasteiger partial charge is 0.259 e. The molecule has 1 heterocycles. The lowest BCUT2D eigenvalue weighted by molar-refractivity contribution is 0.102. The van der Waals surface area contributed by atoms with E-state index >= 15 is 0 Å². The molecule has 124 valence electrons. The number of carbonyl (C=O) groups excluding carboxylic acids is 1. The van der Waals surface area contributed by atoms with E-state index in [9.17, 15) is 26.7 Å². The molecule has 1 N–H and O–H groups in total. The van der Waals surface area contributed by atoms with Crippen LogP contribution >= 0.6 is 0 Å². The van der Waals surface area contributed by atoms with Crippen LogP contribution in [0.4, 0.5) is 27.6 Å². The molecule has 9 heteroatoms. The summed E-state index contributed by atoms with van der Waals surface area (Å²) in [6, 6.07) is 0. The third kappa shape index (κ3) is 2.66. The van der Waals surface area contributed by atoms with Gasteiger partial charge in [0.15, 0.2) is 23.3 Å². The number of hydrogen-bond acceptors (Lipinski definition) is 2. The highest BCUT2D eigenvalue weighted by Gasteiger charge is 2.28. The second-order valence-corrected chi connectivity index (χ2v) is 4.76. The molecule has 0 unspecified atom stereocenters. The van der Waals surface area contributed by atoms with Gasteiger partial charge in [0.1, 0.15) is 5.69 Å². The standard InChI is InChI=1S/C14H12F5N3O/c1-4-22-6(3)7(5(2)21-22)14(23)20-13-11(18)9(16)8(15)10(17)12(13)19/h4H2,1-3H3,(H,20,23). The summed E-state index contributed by atoms with van der Waals surface area (Å²) < 4.78 is 67.9. The minimum absolute atomic E-state index is 0.00999. The van der Waals surface area contributed by atoms with E-state index in [2.05, 4.69) is 5.10 Å². The van der Waals surface area contributed by atoms with Crippen LogP contribution in [0.5, 0.6) is 0 Å². The zero-order valence-corrected chi connectivity index (χ0v) is 12.4. The second kappa shape index (κ2) is 5.98. The Kier molecular flexibility index (Phi) is 4.39. The molecule has 2 rings (SSSR count). The van der Waals surface area contributed by atoms with Crippen molar-refractivity contribution in [1.82, 2.24) is 9.78 Å². The molecule has 0 radical (unpaired) electrons. The highest BCUT2D eigenvalue weighted by Crippen LogP contribution is 2.28. The fourth-order valence-corrected chi connectivity index (χ4v) is 2.22. The Bertz CT molecular complexity index is 771. The first kappa shape index (κ1) is 16.9. The number of rotatable bonds is 3. The average molecular weight is 333 g/mol. The van der Waals surface area contributed by atoms with E-state index in [1.807, 2.05) is 0 Å². The van der Waals surface area contributed by atoms with Crippen LogP contribution in [0.25, 0.3) is 0 Å². The van der Waals surface area contributed by atoms with Gasteiger partial charge in [0.25, 0.3) is 5.91 Å². The molecular formula is C14H12F5N3O. The van der Waals surface area contributed by atoms with Gasteiger partial charge in [-0.15, -0.1) is 0 Å². The SMILES string of the molecule is CCn1nc(C)c(C(=O)Nc2c(F)c(F)c(F)c(F)c2F)c1C. The second-order valence-electron chi connectivity index (χ2n) is 4.76. The fraction of sp³-hybridized carbons (Fsp3) is 0.286. The summed E-state index contributed by atoms with van der Waals surface area (Å²) in [7, 11) is 0. The van der Waals surface area contributed by atoms with E-state index < -0.39 is 40.7 Å². The van der Waals surface area contributed by atoms with Gasteiger partial charge >= 0.3 is 0 Å². The molecule has 0 spiro atoms. The number of hydrogen-bond donors (Lipinski definition) is 1. The Morgan fingerprint density at radius 2 is 1.48 bits per heavy atom. The lowest BCUT2D eigenvalue weighted by atomic mass is 10.1. The van der Waals surface area contributed by atoms with Gasteiger partial charge < -0.3 is 5.32 Å². The van der Waals surface area contributed by atoms with Crippen LogP contribution in [0.1, 0.15) is 28.7 Å². The van der Waals surface area contributed by atoms with Crippen molar-refractivity contribution < 1.29 is 26.7 Å². The number of aromatic nitrogens is 2. The number of aryl methyl sites for hydroxylation is 2. The maximum atomic E-state index is 13.6. The first-order valence-electron chi connectivity index (χ1n) is 6.57. The van der Waals surface area contributed by atoms with Gasteiger partial charge in [0, 0.05) is 12.2 Å². The molecule has 1 amide bonds. The van der Waals surface area contributed by atoms with Gasteiger partial charge in [-0.3, -0.25) is 9.48 Å². The van der Waals surface area contributed by atoms with Crippen molar-refractivity contribution in [3.05, 3.63) is 46.0 Å². The third-order valence-corrected chi connectivity index (χ3v) is 3.36. The zero-order chi connectivity index (χ0) is 17.5. The lowest BCUT2D eigenvalue weighted by Gasteiger charge is -2.10. The maximum absolute atomic E-state index is 13.6. The van der Waals surface area contributed by atoms with E-state index in [0.29, 0.717) is 12.2 Å². The maximum Gasteiger partial charge on any atom is 0.259 e. The summed E-state index contributed by atoms with van der Waals surface area (Å²) in [5, 5.41) is 5.78. The van der Waals surface area contributed by atoms with E-state index in [0.717, 1.165) is 0 Å². The van der Waals surface area contributed by atoms with Gasteiger partial charge in [-0.2, -0.15) is 5.10 Å². The molecular weight excluding hydrogens is 321 g/mol. The largest absolute Gasteiger partial charge is 0.317 e. The molecule has 1 aromatic heterocycles. The Morgan fingerprint density at radius 3 is 1.91 bits per heavy atom. The van der Waals surface area contributed by atoms with Gasteiger partial charge in [0.2, 0.25) is 5.82 Å². The number of amides is 1. The number of carbonyl (C=O) groups is 1. The number of nitrogens with zero attached hydrogens (tertiary/aromatic N) is 2. The molecule has 0 saturated carbocycles. The fourth-order valence-electron chi connectivity index (χ4n) is 2.22. The quantitative estimate of drug-likeness (QED) is 0.531. The highest BCUT2D eigenvalue weighted by molar-refractivity contribution is 6.06. The summed E-state index contributed by atoms with van der Waals surface area (Å²) in [5.41, 5.74) is -0.706. The van der Waals surface area contributed by atoms with E-state index in [1.54, 1.807) is 19.2 Å².